The van der Waals surface area contributed by atoms with Crippen molar-refractivity contribution in [1.82, 2.24) is 10.1 Å². The molecule has 1 fully saturated rings. The van der Waals surface area contributed by atoms with E-state index in [1.807, 2.05) is 6.07 Å². The molecule has 2 heterocycles. The summed E-state index contributed by atoms with van der Waals surface area (Å²) in [7, 11) is 0. The van der Waals surface area contributed by atoms with Crippen molar-refractivity contribution in [3.8, 4) is 0 Å². The van der Waals surface area contributed by atoms with E-state index in [9.17, 15) is 0 Å². The molecule has 1 aliphatic rings. The minimum Gasteiger partial charge on any atom is -0.360 e. The van der Waals surface area contributed by atoms with E-state index in [-0.39, 0.29) is 0 Å². The van der Waals surface area contributed by atoms with Gasteiger partial charge in [-0.25, -0.2) is 0 Å². The predicted molar refractivity (Wildman–Crippen MR) is 62.6 cm³/mol. The van der Waals surface area contributed by atoms with Crippen molar-refractivity contribution in [1.29, 1.82) is 0 Å². The summed E-state index contributed by atoms with van der Waals surface area (Å²) >= 11 is 0. The van der Waals surface area contributed by atoms with Gasteiger partial charge in [-0.1, -0.05) is 19.0 Å². The van der Waals surface area contributed by atoms with Crippen molar-refractivity contribution >= 4 is 0 Å². The summed E-state index contributed by atoms with van der Waals surface area (Å²) in [5.41, 5.74) is 6.34. The van der Waals surface area contributed by atoms with Crippen LogP contribution in [-0.4, -0.2) is 23.1 Å². The van der Waals surface area contributed by atoms with Gasteiger partial charge in [-0.2, -0.15) is 0 Å². The maximum Gasteiger partial charge on any atom is 0.151 e. The maximum atomic E-state index is 5.50. The Kier molecular flexibility index (Phi) is 3.61. The summed E-state index contributed by atoms with van der Waals surface area (Å²) in [6.45, 7) is 8.27. The maximum absolute atomic E-state index is 5.50. The third-order valence-corrected chi connectivity index (χ3v) is 3.45. The molecule has 0 aliphatic carbocycles. The van der Waals surface area contributed by atoms with Crippen molar-refractivity contribution in [2.45, 2.75) is 33.4 Å². The van der Waals surface area contributed by atoms with E-state index in [2.05, 4.69) is 23.9 Å². The van der Waals surface area contributed by atoms with E-state index in [1.54, 1.807) is 0 Å². The van der Waals surface area contributed by atoms with Crippen LogP contribution in [0, 0.1) is 11.8 Å². The van der Waals surface area contributed by atoms with Crippen LogP contribution in [0.5, 0.6) is 0 Å². The van der Waals surface area contributed by atoms with Crippen molar-refractivity contribution in [2.75, 3.05) is 13.1 Å². The molecule has 1 aromatic heterocycles. The van der Waals surface area contributed by atoms with Crippen LogP contribution < -0.4 is 5.73 Å². The summed E-state index contributed by atoms with van der Waals surface area (Å²) in [6.07, 6.45) is 1.30. The van der Waals surface area contributed by atoms with Crippen LogP contribution >= 0.6 is 0 Å². The van der Waals surface area contributed by atoms with Crippen molar-refractivity contribution in [2.24, 2.45) is 17.6 Å². The van der Waals surface area contributed by atoms with E-state index in [0.29, 0.717) is 6.54 Å². The van der Waals surface area contributed by atoms with Crippen LogP contribution in [0.2, 0.25) is 0 Å². The second-order valence-corrected chi connectivity index (χ2v) is 5.02. The molecule has 1 aliphatic heterocycles. The van der Waals surface area contributed by atoms with Gasteiger partial charge in [0.05, 0.1) is 12.2 Å². The second-order valence-electron chi connectivity index (χ2n) is 5.02. The first-order valence-electron chi connectivity index (χ1n) is 6.06. The number of aromatic nitrogens is 1. The van der Waals surface area contributed by atoms with E-state index < -0.39 is 0 Å². The van der Waals surface area contributed by atoms with E-state index in [0.717, 1.165) is 29.8 Å². The molecule has 0 radical (unpaired) electrons. The summed E-state index contributed by atoms with van der Waals surface area (Å²) < 4.78 is 5.24. The monoisotopic (exact) mass is 223 g/mol. The van der Waals surface area contributed by atoms with Crippen LogP contribution in [0.1, 0.15) is 31.7 Å². The Labute approximate surface area is 96.8 Å². The highest BCUT2D eigenvalue weighted by Crippen LogP contribution is 2.24. The van der Waals surface area contributed by atoms with Gasteiger partial charge in [-0.15, -0.1) is 0 Å². The summed E-state index contributed by atoms with van der Waals surface area (Å²) in [5.74, 6) is 2.54. The molecule has 90 valence electrons. The van der Waals surface area contributed by atoms with Gasteiger partial charge in [0.2, 0.25) is 0 Å². The number of hydrogen-bond acceptors (Lipinski definition) is 4. The highest BCUT2D eigenvalue weighted by Gasteiger charge is 2.25. The minimum absolute atomic E-state index is 0.456. The normalized spacial score (nSPS) is 22.1. The fraction of sp³-hybridized carbons (Fsp3) is 0.750. The molecule has 1 saturated heterocycles. The molecule has 1 atom stereocenters. The van der Waals surface area contributed by atoms with Crippen LogP contribution in [0.15, 0.2) is 10.6 Å². The molecule has 1 unspecified atom stereocenters. The highest BCUT2D eigenvalue weighted by atomic mass is 16.5. The largest absolute Gasteiger partial charge is 0.360 e. The fourth-order valence-electron chi connectivity index (χ4n) is 2.30. The number of hydrogen-bond donors (Lipinski definition) is 1. The quantitative estimate of drug-likeness (QED) is 0.842. The van der Waals surface area contributed by atoms with E-state index in [4.69, 9.17) is 10.3 Å². The van der Waals surface area contributed by atoms with Gasteiger partial charge in [0, 0.05) is 19.2 Å². The topological polar surface area (TPSA) is 55.3 Å². The first-order chi connectivity index (χ1) is 7.69. The Hall–Kier alpha value is -0.870. The average Bonchev–Trinajstić information content (AvgIpc) is 2.87. The minimum atomic E-state index is 0.456. The van der Waals surface area contributed by atoms with E-state index >= 15 is 0 Å². The zero-order valence-corrected chi connectivity index (χ0v) is 10.1. The lowest BCUT2D eigenvalue weighted by Gasteiger charge is -2.16. The third-order valence-electron chi connectivity index (χ3n) is 3.45. The molecular formula is C12H21N3O. The molecule has 0 spiro atoms. The molecule has 2 N–H and O–H groups in total. The molecule has 0 saturated carbocycles. The highest BCUT2D eigenvalue weighted by molar-refractivity contribution is 5.05. The van der Waals surface area contributed by atoms with Gasteiger partial charge >= 0.3 is 0 Å². The summed E-state index contributed by atoms with van der Waals surface area (Å²) in [6, 6.07) is 1.96. The molecule has 2 rings (SSSR count). The zero-order chi connectivity index (χ0) is 11.5. The SMILES string of the molecule is CC(C)C1CCN(Cc2cc(CN)no2)C1. The zero-order valence-electron chi connectivity index (χ0n) is 10.1. The lowest BCUT2D eigenvalue weighted by atomic mass is 9.95. The Morgan fingerprint density at radius 1 is 1.62 bits per heavy atom. The van der Waals surface area contributed by atoms with Gasteiger partial charge in [-0.05, 0) is 24.8 Å². The van der Waals surface area contributed by atoms with Crippen LogP contribution in [0.3, 0.4) is 0 Å². The summed E-state index contributed by atoms with van der Waals surface area (Å²) in [4.78, 5) is 2.44. The van der Waals surface area contributed by atoms with Crippen molar-refractivity contribution in [3.63, 3.8) is 0 Å². The molecule has 1 aromatic rings. The molecule has 4 nitrogen and oxygen atoms in total. The number of nitrogens with zero attached hydrogens (tertiary/aromatic N) is 2. The molecule has 0 amide bonds. The number of nitrogens with two attached hydrogens (primary N) is 1. The molecular weight excluding hydrogens is 202 g/mol. The molecule has 16 heavy (non-hydrogen) atoms. The van der Waals surface area contributed by atoms with Crippen molar-refractivity contribution in [3.05, 3.63) is 17.5 Å². The first kappa shape index (κ1) is 11.6. The molecule has 0 aromatic carbocycles. The first-order valence-corrected chi connectivity index (χ1v) is 6.06. The lowest BCUT2D eigenvalue weighted by molar-refractivity contribution is 0.256. The number of rotatable bonds is 4. The Balaban J connectivity index is 1.87. The third kappa shape index (κ3) is 2.62. The Morgan fingerprint density at radius 3 is 3.00 bits per heavy atom. The van der Waals surface area contributed by atoms with E-state index in [1.165, 1.54) is 19.5 Å². The van der Waals surface area contributed by atoms with Crippen LogP contribution in [0.4, 0.5) is 0 Å². The lowest BCUT2D eigenvalue weighted by Crippen LogP contribution is -2.21. The van der Waals surface area contributed by atoms with Gasteiger partial charge in [0.25, 0.3) is 0 Å². The standard InChI is InChI=1S/C12H21N3O/c1-9(2)10-3-4-15(7-10)8-12-5-11(6-13)14-16-12/h5,9-10H,3-4,6-8,13H2,1-2H3. The van der Waals surface area contributed by atoms with Gasteiger partial charge in [-0.3, -0.25) is 4.90 Å². The Morgan fingerprint density at radius 2 is 2.44 bits per heavy atom. The van der Waals surface area contributed by atoms with Gasteiger partial charge in [0.1, 0.15) is 0 Å². The molecule has 0 bridgehead atoms. The fourth-order valence-corrected chi connectivity index (χ4v) is 2.30. The average molecular weight is 223 g/mol. The van der Waals surface area contributed by atoms with Gasteiger partial charge in [0.15, 0.2) is 5.76 Å². The Bertz CT molecular complexity index is 335. The molecule has 4 heteroatoms. The van der Waals surface area contributed by atoms with Crippen LogP contribution in [-0.2, 0) is 13.1 Å². The number of likely N-dealkylation sites (tertiary alicyclic amines) is 1. The predicted octanol–water partition coefficient (Wildman–Crippen LogP) is 1.61. The van der Waals surface area contributed by atoms with Crippen molar-refractivity contribution < 1.29 is 4.52 Å². The smallest absolute Gasteiger partial charge is 0.151 e. The van der Waals surface area contributed by atoms with Gasteiger partial charge < -0.3 is 10.3 Å². The summed E-state index contributed by atoms with van der Waals surface area (Å²) in [5, 5.41) is 3.90. The second kappa shape index (κ2) is 4.97. The van der Waals surface area contributed by atoms with Crippen LogP contribution in [0.25, 0.3) is 0 Å².